The molecule has 9 nitrogen and oxygen atoms in total. The van der Waals surface area contributed by atoms with Gasteiger partial charge in [-0.05, 0) is 55.7 Å². The molecule has 240 valence electrons. The molecular weight excluding hydrogens is 660 g/mol. The lowest BCUT2D eigenvalue weighted by Gasteiger charge is -2.25. The van der Waals surface area contributed by atoms with Crippen LogP contribution in [0.2, 0.25) is 0 Å². The van der Waals surface area contributed by atoms with E-state index < -0.39 is 23.5 Å². The molecule has 3 heterocycles. The highest BCUT2D eigenvalue weighted by Crippen LogP contribution is 2.46. The van der Waals surface area contributed by atoms with Crippen LogP contribution in [-0.2, 0) is 17.2 Å². The Morgan fingerprint density at radius 1 is 1.00 bits per heavy atom. The number of amides is 1. The van der Waals surface area contributed by atoms with Gasteiger partial charge >= 0.3 is 0 Å². The van der Waals surface area contributed by atoms with E-state index in [0.29, 0.717) is 61.5 Å². The summed E-state index contributed by atoms with van der Waals surface area (Å²) in [7, 11) is 0. The van der Waals surface area contributed by atoms with Crippen molar-refractivity contribution in [1.29, 1.82) is 0 Å². The van der Waals surface area contributed by atoms with Crippen LogP contribution in [0, 0.1) is 19.7 Å². The second-order valence-corrected chi connectivity index (χ2v) is 13.8. The normalized spacial score (nSPS) is 14.6. The number of aliphatic hydroxyl groups excluding tert-OH is 1. The molecule has 2 aromatic heterocycles. The molecular formula is C34H29FN4O5S3. The number of aliphatic hydroxyl groups is 1. The third-order valence-electron chi connectivity index (χ3n) is 7.29. The van der Waals surface area contributed by atoms with Crippen molar-refractivity contribution in [3.8, 4) is 11.5 Å². The van der Waals surface area contributed by atoms with Gasteiger partial charge in [-0.2, -0.15) is 0 Å². The molecule has 47 heavy (non-hydrogen) atoms. The number of carbonyl (C=O) groups excluding carboxylic acids is 2. The number of carbonyl (C=O) groups is 2. The van der Waals surface area contributed by atoms with Gasteiger partial charge in [0.2, 0.25) is 10.9 Å². The molecule has 0 radical (unpaired) electrons. The van der Waals surface area contributed by atoms with Gasteiger partial charge in [-0.25, -0.2) is 9.37 Å². The van der Waals surface area contributed by atoms with Crippen molar-refractivity contribution in [2.24, 2.45) is 0 Å². The van der Waals surface area contributed by atoms with Crippen LogP contribution >= 0.6 is 34.4 Å². The Labute approximate surface area is 282 Å². The molecule has 1 N–H and O–H groups in total. The number of hydrogen-bond donors (Lipinski definition) is 1. The molecule has 3 aromatic carbocycles. The molecule has 5 aromatic rings. The number of anilines is 1. The number of benzene rings is 3. The van der Waals surface area contributed by atoms with Crippen molar-refractivity contribution >= 4 is 51.3 Å². The summed E-state index contributed by atoms with van der Waals surface area (Å²) in [6.07, 6.45) is 0. The van der Waals surface area contributed by atoms with Crippen LogP contribution in [0.4, 0.5) is 9.52 Å². The first-order valence-electron chi connectivity index (χ1n) is 14.6. The summed E-state index contributed by atoms with van der Waals surface area (Å²) in [6.45, 7) is 5.99. The van der Waals surface area contributed by atoms with Gasteiger partial charge in [-0.3, -0.25) is 14.5 Å². The SMILES string of the molecule is CCOc1cc(C2C(C(=O)c3sc(C)nc3C)=C(O)C(=O)N2c2nnc(SCc3ccccc3F)s2)ccc1OCc1ccccc1. The van der Waals surface area contributed by atoms with E-state index in [-0.39, 0.29) is 16.5 Å². The number of aryl methyl sites for hydroxylation is 2. The lowest BCUT2D eigenvalue weighted by atomic mass is 9.95. The zero-order valence-corrected chi connectivity index (χ0v) is 28.0. The van der Waals surface area contributed by atoms with E-state index in [1.165, 1.54) is 34.1 Å². The zero-order chi connectivity index (χ0) is 33.1. The molecule has 0 spiro atoms. The zero-order valence-electron chi connectivity index (χ0n) is 25.6. The Bertz CT molecular complexity index is 1980. The molecule has 0 fully saturated rings. The van der Waals surface area contributed by atoms with Crippen LogP contribution in [0.1, 0.15) is 50.0 Å². The van der Waals surface area contributed by atoms with Gasteiger partial charge in [-0.1, -0.05) is 77.7 Å². The number of halogens is 1. The Morgan fingerprint density at radius 2 is 1.77 bits per heavy atom. The minimum Gasteiger partial charge on any atom is -0.503 e. The second kappa shape index (κ2) is 14.0. The summed E-state index contributed by atoms with van der Waals surface area (Å²) in [5.41, 5.74) is 2.38. The first-order chi connectivity index (χ1) is 22.7. The Morgan fingerprint density at radius 3 is 2.49 bits per heavy atom. The number of aromatic nitrogens is 3. The number of thioether (sulfide) groups is 1. The minimum atomic E-state index is -1.06. The van der Waals surface area contributed by atoms with Crippen LogP contribution < -0.4 is 14.4 Å². The average Bonchev–Trinajstić information content (AvgIpc) is 3.75. The largest absolute Gasteiger partial charge is 0.503 e. The molecule has 0 bridgehead atoms. The van der Waals surface area contributed by atoms with Crippen LogP contribution in [0.5, 0.6) is 11.5 Å². The fraction of sp³-hybridized carbons (Fsp3) is 0.206. The molecule has 13 heteroatoms. The quantitative estimate of drug-likeness (QED) is 0.0797. The fourth-order valence-corrected chi connectivity index (χ4v) is 7.87. The highest BCUT2D eigenvalue weighted by Gasteiger charge is 2.47. The van der Waals surface area contributed by atoms with Crippen molar-refractivity contribution in [3.63, 3.8) is 0 Å². The van der Waals surface area contributed by atoms with E-state index in [0.717, 1.165) is 16.9 Å². The van der Waals surface area contributed by atoms with Gasteiger partial charge in [0.05, 0.1) is 33.8 Å². The third kappa shape index (κ3) is 6.78. The van der Waals surface area contributed by atoms with Crippen LogP contribution in [-0.4, -0.2) is 38.6 Å². The average molecular weight is 689 g/mol. The van der Waals surface area contributed by atoms with Gasteiger partial charge in [0, 0.05) is 5.75 Å². The van der Waals surface area contributed by atoms with E-state index >= 15 is 0 Å². The van der Waals surface area contributed by atoms with E-state index in [1.54, 1.807) is 50.2 Å². The smallest absolute Gasteiger partial charge is 0.296 e. The summed E-state index contributed by atoms with van der Waals surface area (Å²) < 4.78 is 26.8. The van der Waals surface area contributed by atoms with Crippen LogP contribution in [0.25, 0.3) is 0 Å². The summed E-state index contributed by atoms with van der Waals surface area (Å²) in [5, 5.41) is 20.6. The van der Waals surface area contributed by atoms with Crippen molar-refractivity contribution < 1.29 is 28.6 Å². The Balaban J connectivity index is 1.38. The lowest BCUT2D eigenvalue weighted by Crippen LogP contribution is -2.31. The molecule has 6 rings (SSSR count). The topological polar surface area (TPSA) is 115 Å². The molecule has 1 amide bonds. The maximum atomic E-state index is 14.2. The Hall–Kier alpha value is -4.59. The Kier molecular flexibility index (Phi) is 9.66. The van der Waals surface area contributed by atoms with Gasteiger partial charge in [0.25, 0.3) is 5.91 Å². The van der Waals surface area contributed by atoms with E-state index in [9.17, 15) is 19.1 Å². The summed E-state index contributed by atoms with van der Waals surface area (Å²) in [4.78, 5) is 33.8. The molecule has 1 aliphatic heterocycles. The second-order valence-electron chi connectivity index (χ2n) is 10.5. The standard InChI is InChI=1S/C34H29FN4O5S3/c1-4-43-26-16-22(14-15-25(26)44-17-21-10-6-5-7-11-21)28-27(29(40)31-19(2)36-20(3)46-31)30(41)32(42)39(28)33-37-38-34(47-33)45-18-23-12-8-9-13-24(23)35/h5-16,28,41H,4,17-18H2,1-3H3. The highest BCUT2D eigenvalue weighted by atomic mass is 32.2. The van der Waals surface area contributed by atoms with Crippen molar-refractivity contribution in [1.82, 2.24) is 15.2 Å². The maximum absolute atomic E-state index is 14.2. The van der Waals surface area contributed by atoms with E-state index in [2.05, 4.69) is 15.2 Å². The predicted octanol–water partition coefficient (Wildman–Crippen LogP) is 7.80. The summed E-state index contributed by atoms with van der Waals surface area (Å²) in [6, 6.07) is 20.3. The van der Waals surface area contributed by atoms with Crippen molar-refractivity contribution in [2.45, 2.75) is 43.5 Å². The minimum absolute atomic E-state index is 0.0992. The monoisotopic (exact) mass is 688 g/mol. The summed E-state index contributed by atoms with van der Waals surface area (Å²) in [5.74, 6) is -1.11. The van der Waals surface area contributed by atoms with Crippen molar-refractivity contribution in [3.05, 3.63) is 122 Å². The van der Waals surface area contributed by atoms with Gasteiger partial charge in [-0.15, -0.1) is 21.5 Å². The van der Waals surface area contributed by atoms with Crippen LogP contribution in [0.3, 0.4) is 0 Å². The molecule has 1 unspecified atom stereocenters. The first-order valence-corrected chi connectivity index (χ1v) is 17.3. The number of nitrogens with zero attached hydrogens (tertiary/aromatic N) is 4. The molecule has 0 aliphatic carbocycles. The van der Waals surface area contributed by atoms with E-state index in [4.69, 9.17) is 9.47 Å². The third-order valence-corrected chi connectivity index (χ3v) is 10.5. The number of Topliss-reactive ketones (excluding diaryl/α,β-unsaturated/α-hetero) is 1. The number of hydrogen-bond acceptors (Lipinski definition) is 11. The predicted molar refractivity (Wildman–Crippen MR) is 180 cm³/mol. The molecule has 0 saturated heterocycles. The van der Waals surface area contributed by atoms with Gasteiger partial charge in [0.1, 0.15) is 12.4 Å². The molecule has 1 atom stereocenters. The van der Waals surface area contributed by atoms with Gasteiger partial charge in [0.15, 0.2) is 21.6 Å². The lowest BCUT2D eigenvalue weighted by molar-refractivity contribution is -0.117. The first kappa shape index (κ1) is 32.4. The molecule has 1 aliphatic rings. The molecule has 0 saturated carbocycles. The number of rotatable bonds is 12. The van der Waals surface area contributed by atoms with Crippen LogP contribution in [0.15, 0.2) is 88.5 Å². The number of thiazole rings is 1. The number of ketones is 1. The van der Waals surface area contributed by atoms with E-state index in [1.807, 2.05) is 37.3 Å². The van der Waals surface area contributed by atoms with Crippen molar-refractivity contribution in [2.75, 3.05) is 11.5 Å². The number of ether oxygens (including phenoxy) is 2. The maximum Gasteiger partial charge on any atom is 0.296 e. The summed E-state index contributed by atoms with van der Waals surface area (Å²) >= 11 is 3.57. The fourth-order valence-electron chi connectivity index (χ4n) is 5.14. The van der Waals surface area contributed by atoms with Gasteiger partial charge < -0.3 is 14.6 Å². The highest BCUT2D eigenvalue weighted by molar-refractivity contribution is 8.00.